The molecule has 0 aromatic heterocycles. The largest absolute Gasteiger partial charge is 0.476 e. The maximum absolute atomic E-state index is 12.8. The lowest BCUT2D eigenvalue weighted by Crippen LogP contribution is -2.45. The zero-order valence-corrected chi connectivity index (χ0v) is 16.2. The van der Waals surface area contributed by atoms with Crippen LogP contribution in [0.25, 0.3) is 0 Å². The van der Waals surface area contributed by atoms with Crippen LogP contribution in [0.2, 0.25) is 5.02 Å². The Morgan fingerprint density at radius 2 is 1.92 bits per heavy atom. The molecule has 1 aliphatic rings. The molecule has 0 radical (unpaired) electrons. The highest BCUT2D eigenvalue weighted by molar-refractivity contribution is 6.30. The first-order chi connectivity index (χ1) is 11.1. The van der Waals surface area contributed by atoms with E-state index in [1.165, 1.54) is 6.42 Å². The van der Waals surface area contributed by atoms with Crippen LogP contribution in [0.5, 0.6) is 5.75 Å². The zero-order valence-electron chi connectivity index (χ0n) is 15.4. The van der Waals surface area contributed by atoms with Crippen LogP contribution in [0.15, 0.2) is 24.3 Å². The van der Waals surface area contributed by atoms with Gasteiger partial charge in [0.15, 0.2) is 0 Å². The van der Waals surface area contributed by atoms with Gasteiger partial charge in [0.2, 0.25) is 5.60 Å². The Kier molecular flexibility index (Phi) is 5.85. The van der Waals surface area contributed by atoms with Gasteiger partial charge in [-0.3, -0.25) is 0 Å². The average Bonchev–Trinajstić information content (AvgIpc) is 2.47. The number of carbonyl (C=O) groups is 1. The van der Waals surface area contributed by atoms with Crippen LogP contribution in [0.4, 0.5) is 0 Å². The van der Waals surface area contributed by atoms with Crippen LogP contribution >= 0.6 is 11.6 Å². The van der Waals surface area contributed by atoms with E-state index in [0.717, 1.165) is 12.8 Å². The minimum atomic E-state index is -0.987. The van der Waals surface area contributed by atoms with E-state index in [2.05, 4.69) is 20.8 Å². The van der Waals surface area contributed by atoms with Gasteiger partial charge in [-0.05, 0) is 68.2 Å². The topological polar surface area (TPSA) is 35.5 Å². The highest BCUT2D eigenvalue weighted by Crippen LogP contribution is 2.40. The smallest absolute Gasteiger partial charge is 0.350 e. The summed E-state index contributed by atoms with van der Waals surface area (Å²) in [6.45, 7) is 10.4. The fraction of sp³-hybridized carbons (Fsp3) is 0.650. The van der Waals surface area contributed by atoms with Crippen LogP contribution < -0.4 is 4.74 Å². The van der Waals surface area contributed by atoms with Crippen molar-refractivity contribution < 1.29 is 14.3 Å². The van der Waals surface area contributed by atoms with Crippen molar-refractivity contribution in [2.75, 3.05) is 0 Å². The lowest BCUT2D eigenvalue weighted by molar-refractivity contribution is -0.171. The summed E-state index contributed by atoms with van der Waals surface area (Å²) in [6, 6.07) is 7.05. The monoisotopic (exact) mass is 352 g/mol. The number of halogens is 1. The normalized spacial score (nSPS) is 25.6. The van der Waals surface area contributed by atoms with Crippen molar-refractivity contribution in [1.82, 2.24) is 0 Å². The molecule has 134 valence electrons. The van der Waals surface area contributed by atoms with Crippen LogP contribution in [0, 0.1) is 11.3 Å². The molecular formula is C20H29ClO3. The van der Waals surface area contributed by atoms with Crippen molar-refractivity contribution in [1.29, 1.82) is 0 Å². The lowest BCUT2D eigenvalue weighted by atomic mass is 9.71. The van der Waals surface area contributed by atoms with Gasteiger partial charge in [0.05, 0.1) is 0 Å². The molecule has 3 nitrogen and oxygen atoms in total. The fourth-order valence-corrected chi connectivity index (χ4v) is 3.77. The second-order valence-electron chi connectivity index (χ2n) is 8.08. The molecule has 2 rings (SSSR count). The van der Waals surface area contributed by atoms with Crippen molar-refractivity contribution >= 4 is 17.6 Å². The zero-order chi connectivity index (χ0) is 18.0. The highest BCUT2D eigenvalue weighted by Gasteiger charge is 2.40. The predicted octanol–water partition coefficient (Wildman–Crippen LogP) is 5.65. The van der Waals surface area contributed by atoms with Crippen molar-refractivity contribution in [3.63, 3.8) is 0 Å². The fourth-order valence-electron chi connectivity index (χ4n) is 3.65. The molecule has 3 unspecified atom stereocenters. The molecule has 0 aliphatic heterocycles. The van der Waals surface area contributed by atoms with Gasteiger partial charge >= 0.3 is 5.97 Å². The summed E-state index contributed by atoms with van der Waals surface area (Å²) in [4.78, 5) is 12.8. The molecule has 0 heterocycles. The molecule has 0 saturated heterocycles. The summed E-state index contributed by atoms with van der Waals surface area (Å²) >= 11 is 5.90. The number of carbonyl (C=O) groups excluding carboxylic acids is 1. The second kappa shape index (κ2) is 7.35. The Hall–Kier alpha value is -1.22. The third-order valence-corrected chi connectivity index (χ3v) is 5.14. The van der Waals surface area contributed by atoms with E-state index in [4.69, 9.17) is 21.1 Å². The molecule has 1 fully saturated rings. The number of hydrogen-bond acceptors (Lipinski definition) is 3. The third-order valence-electron chi connectivity index (χ3n) is 4.88. The van der Waals surface area contributed by atoms with Gasteiger partial charge in [-0.1, -0.05) is 39.3 Å². The van der Waals surface area contributed by atoms with Crippen LogP contribution in [-0.4, -0.2) is 17.7 Å². The number of ether oxygens (including phenoxy) is 2. The molecule has 24 heavy (non-hydrogen) atoms. The minimum Gasteiger partial charge on any atom is -0.476 e. The van der Waals surface area contributed by atoms with Gasteiger partial charge in [0.1, 0.15) is 11.9 Å². The van der Waals surface area contributed by atoms with Crippen molar-refractivity contribution in [3.8, 4) is 5.75 Å². The van der Waals surface area contributed by atoms with Gasteiger partial charge in [0.25, 0.3) is 0 Å². The first-order valence-corrected chi connectivity index (χ1v) is 9.17. The maximum atomic E-state index is 12.8. The van der Waals surface area contributed by atoms with E-state index in [1.54, 1.807) is 31.2 Å². The van der Waals surface area contributed by atoms with Gasteiger partial charge in [0, 0.05) is 5.02 Å². The van der Waals surface area contributed by atoms with E-state index in [9.17, 15) is 4.79 Å². The van der Waals surface area contributed by atoms with E-state index in [0.29, 0.717) is 23.1 Å². The Morgan fingerprint density at radius 3 is 2.46 bits per heavy atom. The molecule has 0 N–H and O–H groups in total. The van der Waals surface area contributed by atoms with Crippen molar-refractivity contribution in [2.45, 2.75) is 72.0 Å². The van der Waals surface area contributed by atoms with Gasteiger partial charge in [-0.15, -0.1) is 0 Å². The molecule has 1 aliphatic carbocycles. The maximum Gasteiger partial charge on any atom is 0.350 e. The van der Waals surface area contributed by atoms with Crippen molar-refractivity contribution in [2.24, 2.45) is 11.3 Å². The second-order valence-corrected chi connectivity index (χ2v) is 8.52. The van der Waals surface area contributed by atoms with E-state index in [-0.39, 0.29) is 17.5 Å². The number of esters is 1. The molecule has 0 amide bonds. The quantitative estimate of drug-likeness (QED) is 0.643. The first kappa shape index (κ1) is 19.1. The standard InChI is InChI=1S/C20H29ClO3/c1-6-20(5,24-16-9-7-15(21)8-10-16)18(22)23-17-11-14(2)12-19(3,4)13-17/h7-10,14,17H,6,11-13H2,1-5H3. The number of benzene rings is 1. The number of rotatable bonds is 5. The highest BCUT2D eigenvalue weighted by atomic mass is 35.5. The van der Waals surface area contributed by atoms with E-state index >= 15 is 0 Å². The number of hydrogen-bond donors (Lipinski definition) is 0. The summed E-state index contributed by atoms with van der Waals surface area (Å²) in [6.07, 6.45) is 3.52. The van der Waals surface area contributed by atoms with Crippen LogP contribution in [-0.2, 0) is 9.53 Å². The average molecular weight is 353 g/mol. The molecule has 3 atom stereocenters. The Labute approximate surface area is 150 Å². The van der Waals surface area contributed by atoms with Gasteiger partial charge in [-0.2, -0.15) is 0 Å². The van der Waals surface area contributed by atoms with Crippen LogP contribution in [0.1, 0.15) is 60.3 Å². The molecule has 1 aromatic rings. The molecule has 1 aromatic carbocycles. The summed E-state index contributed by atoms with van der Waals surface area (Å²) < 4.78 is 11.8. The van der Waals surface area contributed by atoms with E-state index in [1.807, 2.05) is 6.92 Å². The van der Waals surface area contributed by atoms with Crippen molar-refractivity contribution in [3.05, 3.63) is 29.3 Å². The Bertz CT molecular complexity index is 567. The summed E-state index contributed by atoms with van der Waals surface area (Å²) in [5, 5.41) is 0.640. The molecule has 1 saturated carbocycles. The van der Waals surface area contributed by atoms with Gasteiger partial charge < -0.3 is 9.47 Å². The Balaban J connectivity index is 2.05. The lowest BCUT2D eigenvalue weighted by Gasteiger charge is -2.39. The Morgan fingerprint density at radius 1 is 1.29 bits per heavy atom. The minimum absolute atomic E-state index is 0.0315. The summed E-state index contributed by atoms with van der Waals surface area (Å²) in [5.41, 5.74) is -0.777. The molecule has 0 bridgehead atoms. The SMILES string of the molecule is CCC(C)(Oc1ccc(Cl)cc1)C(=O)OC1CC(C)CC(C)(C)C1. The predicted molar refractivity (Wildman–Crippen MR) is 97.5 cm³/mol. The van der Waals surface area contributed by atoms with Gasteiger partial charge in [-0.25, -0.2) is 4.79 Å². The van der Waals surface area contributed by atoms with Crippen LogP contribution in [0.3, 0.4) is 0 Å². The third kappa shape index (κ3) is 4.89. The summed E-state index contributed by atoms with van der Waals surface area (Å²) in [5.74, 6) is 0.907. The molecule has 0 spiro atoms. The van der Waals surface area contributed by atoms with E-state index < -0.39 is 5.60 Å². The summed E-state index contributed by atoms with van der Waals surface area (Å²) in [7, 11) is 0. The first-order valence-electron chi connectivity index (χ1n) is 8.79. The molecular weight excluding hydrogens is 324 g/mol. The molecule has 4 heteroatoms.